The smallest absolute Gasteiger partial charge is 0.406 e. The van der Waals surface area contributed by atoms with Crippen molar-refractivity contribution in [3.8, 4) is 11.5 Å². The predicted molar refractivity (Wildman–Crippen MR) is 158 cm³/mol. The van der Waals surface area contributed by atoms with Gasteiger partial charge in [-0.15, -0.1) is 26.3 Å². The van der Waals surface area contributed by atoms with Crippen LogP contribution in [0.25, 0.3) is 0 Å². The first-order chi connectivity index (χ1) is 21.9. The van der Waals surface area contributed by atoms with Crippen LogP contribution in [0.1, 0.15) is 63.9 Å². The molecule has 7 nitrogen and oxygen atoms in total. The van der Waals surface area contributed by atoms with E-state index in [4.69, 9.17) is 0 Å². The van der Waals surface area contributed by atoms with Crippen molar-refractivity contribution >= 4 is 28.8 Å². The number of carbonyl (C=O) groups excluding carboxylic acids is 1. The maximum atomic E-state index is 14.1. The monoisotopic (exact) mass is 642 g/mol. The number of fused-ring (bicyclic) bond motifs is 2. The summed E-state index contributed by atoms with van der Waals surface area (Å²) in [7, 11) is 0. The molecule has 0 fully saturated rings. The van der Waals surface area contributed by atoms with Crippen molar-refractivity contribution in [2.75, 3.05) is 10.6 Å². The molecular formula is C33H28F6N4O3. The zero-order chi connectivity index (χ0) is 32.5. The van der Waals surface area contributed by atoms with Gasteiger partial charge in [0.05, 0.1) is 0 Å². The lowest BCUT2D eigenvalue weighted by Gasteiger charge is -2.24. The number of benzene rings is 2. The predicted octanol–water partition coefficient (Wildman–Crippen LogP) is 8.75. The van der Waals surface area contributed by atoms with E-state index in [-0.39, 0.29) is 17.3 Å². The van der Waals surface area contributed by atoms with Gasteiger partial charge in [-0.1, -0.05) is 12.1 Å². The average Bonchev–Trinajstić information content (AvgIpc) is 3.00. The summed E-state index contributed by atoms with van der Waals surface area (Å²) in [6.07, 6.45) is -0.640. The number of aromatic nitrogens is 2. The summed E-state index contributed by atoms with van der Waals surface area (Å²) in [6, 6.07) is 11.0. The number of anilines is 4. The third kappa shape index (κ3) is 7.19. The Kier molecular flexibility index (Phi) is 8.49. The molecule has 0 bridgehead atoms. The minimum absolute atomic E-state index is 0.226. The van der Waals surface area contributed by atoms with Crippen molar-refractivity contribution in [1.29, 1.82) is 0 Å². The van der Waals surface area contributed by atoms with E-state index in [1.807, 2.05) is 0 Å². The van der Waals surface area contributed by atoms with Crippen molar-refractivity contribution in [3.05, 3.63) is 94.3 Å². The minimum atomic E-state index is -4.82. The van der Waals surface area contributed by atoms with E-state index in [1.165, 1.54) is 48.8 Å². The summed E-state index contributed by atoms with van der Waals surface area (Å²) in [5.74, 6) is -0.0271. The molecule has 46 heavy (non-hydrogen) atoms. The number of rotatable bonds is 8. The van der Waals surface area contributed by atoms with Crippen LogP contribution in [0.15, 0.2) is 60.9 Å². The van der Waals surface area contributed by atoms with Crippen LogP contribution in [-0.2, 0) is 25.7 Å². The van der Waals surface area contributed by atoms with Crippen molar-refractivity contribution in [1.82, 2.24) is 9.97 Å². The molecule has 0 unspecified atom stereocenters. The number of carbonyl (C=O) groups is 1. The summed E-state index contributed by atoms with van der Waals surface area (Å²) < 4.78 is 84.5. The summed E-state index contributed by atoms with van der Waals surface area (Å²) in [4.78, 5) is 23.2. The zero-order valence-corrected chi connectivity index (χ0v) is 24.3. The first-order valence-corrected chi connectivity index (χ1v) is 14.8. The van der Waals surface area contributed by atoms with Crippen molar-refractivity contribution in [2.45, 2.75) is 64.1 Å². The first kappa shape index (κ1) is 31.2. The number of hydrogen-bond acceptors (Lipinski definition) is 7. The molecule has 13 heteroatoms. The van der Waals surface area contributed by atoms with Crippen LogP contribution in [0.2, 0.25) is 0 Å². The molecule has 4 aromatic rings. The topological polar surface area (TPSA) is 85.4 Å². The molecule has 0 saturated carbocycles. The number of pyridine rings is 2. The van der Waals surface area contributed by atoms with Crippen molar-refractivity contribution in [3.63, 3.8) is 0 Å². The maximum absolute atomic E-state index is 14.1. The van der Waals surface area contributed by atoms with Crippen LogP contribution >= 0.6 is 0 Å². The summed E-state index contributed by atoms with van der Waals surface area (Å²) in [5, 5.41) is 6.20. The standard InChI is InChI=1S/C33H28F6N4O3/c34-32(35,36)45-21-9-5-7-19(15-21)42-30-25-13-3-1-11-23(25)27(17-40-30)29(44)28-18-41-31(26-14-4-2-12-24(26)28)43-20-8-6-10-22(16-20)46-33(37,38)39/h5-10,15-18H,1-4,11-14H2,(H,40,42)(H,41,43). The molecule has 2 heterocycles. The minimum Gasteiger partial charge on any atom is -0.406 e. The van der Waals surface area contributed by atoms with Gasteiger partial charge in [-0.3, -0.25) is 4.79 Å². The number of nitrogens with zero attached hydrogens (tertiary/aromatic N) is 2. The largest absolute Gasteiger partial charge is 0.573 e. The van der Waals surface area contributed by atoms with Gasteiger partial charge in [0.1, 0.15) is 23.1 Å². The summed E-state index contributed by atoms with van der Waals surface area (Å²) in [5.41, 5.74) is 4.95. The zero-order valence-electron chi connectivity index (χ0n) is 24.3. The van der Waals surface area contributed by atoms with Crippen LogP contribution in [0.4, 0.5) is 49.4 Å². The fraction of sp³-hybridized carbons (Fsp3) is 0.303. The second-order valence-electron chi connectivity index (χ2n) is 11.1. The number of nitrogens with one attached hydrogen (secondary N) is 2. The summed E-state index contributed by atoms with van der Waals surface area (Å²) >= 11 is 0. The van der Waals surface area contributed by atoms with E-state index in [1.54, 1.807) is 12.1 Å². The Morgan fingerprint density at radius 1 is 0.609 bits per heavy atom. The molecule has 240 valence electrons. The van der Waals surface area contributed by atoms with E-state index in [2.05, 4.69) is 30.1 Å². The van der Waals surface area contributed by atoms with Gasteiger partial charge < -0.3 is 20.1 Å². The molecule has 0 aliphatic heterocycles. The number of halogens is 6. The highest BCUT2D eigenvalue weighted by molar-refractivity contribution is 6.11. The molecule has 0 atom stereocenters. The van der Waals surface area contributed by atoms with E-state index in [0.29, 0.717) is 59.8 Å². The van der Waals surface area contributed by atoms with Crippen molar-refractivity contribution < 1.29 is 40.6 Å². The Labute approximate surface area is 260 Å². The second kappa shape index (κ2) is 12.5. The second-order valence-corrected chi connectivity index (χ2v) is 11.1. The quantitative estimate of drug-likeness (QED) is 0.147. The van der Waals surface area contributed by atoms with Crippen LogP contribution in [0.5, 0.6) is 11.5 Å². The molecule has 6 rings (SSSR count). The third-order valence-electron chi connectivity index (χ3n) is 7.95. The fourth-order valence-corrected chi connectivity index (χ4v) is 6.06. The molecule has 0 radical (unpaired) electrons. The Hall–Kier alpha value is -4.81. The van der Waals surface area contributed by atoms with Gasteiger partial charge in [0.15, 0.2) is 5.78 Å². The van der Waals surface area contributed by atoms with Gasteiger partial charge in [0.25, 0.3) is 0 Å². The lowest BCUT2D eigenvalue weighted by molar-refractivity contribution is -0.275. The van der Waals surface area contributed by atoms with Gasteiger partial charge in [-0.05, 0) is 97.9 Å². The molecule has 0 spiro atoms. The highest BCUT2D eigenvalue weighted by atomic mass is 19.4. The van der Waals surface area contributed by atoms with E-state index < -0.39 is 12.7 Å². The normalized spacial score (nSPS) is 14.6. The molecule has 2 N–H and O–H groups in total. The number of ketones is 1. The maximum Gasteiger partial charge on any atom is 0.573 e. The molecule has 2 aromatic heterocycles. The average molecular weight is 643 g/mol. The van der Waals surface area contributed by atoms with Crippen molar-refractivity contribution in [2.24, 2.45) is 0 Å². The van der Waals surface area contributed by atoms with Gasteiger partial charge >= 0.3 is 12.7 Å². The first-order valence-electron chi connectivity index (χ1n) is 14.8. The van der Waals surface area contributed by atoms with E-state index in [9.17, 15) is 31.1 Å². The SMILES string of the molecule is O=C(c1cnc(Nc2cccc(OC(F)(F)F)c2)c2c1CCCC2)c1cnc(Nc2cccc(OC(F)(F)F)c2)c2c1CCCC2. The Balaban J connectivity index is 1.30. The molecule has 2 aromatic carbocycles. The highest BCUT2D eigenvalue weighted by Crippen LogP contribution is 2.36. The molecular weight excluding hydrogens is 614 g/mol. The van der Waals surface area contributed by atoms with E-state index >= 15 is 0 Å². The van der Waals surface area contributed by atoms with E-state index in [0.717, 1.165) is 47.9 Å². The molecule has 0 saturated heterocycles. The van der Waals surface area contributed by atoms with Gasteiger partial charge in [0.2, 0.25) is 0 Å². The van der Waals surface area contributed by atoms with Crippen LogP contribution < -0.4 is 20.1 Å². The molecule has 0 amide bonds. The van der Waals surface area contributed by atoms with Crippen LogP contribution in [0, 0.1) is 0 Å². The third-order valence-corrected chi connectivity index (χ3v) is 7.95. The summed E-state index contributed by atoms with van der Waals surface area (Å²) in [6.45, 7) is 0. The van der Waals surface area contributed by atoms with Crippen LogP contribution in [-0.4, -0.2) is 28.5 Å². The van der Waals surface area contributed by atoms with Gasteiger partial charge in [0, 0.05) is 47.0 Å². The van der Waals surface area contributed by atoms with Crippen LogP contribution in [0.3, 0.4) is 0 Å². The Bertz CT molecular complexity index is 1650. The Morgan fingerprint density at radius 3 is 1.39 bits per heavy atom. The number of alkyl halides is 6. The lowest BCUT2D eigenvalue weighted by Crippen LogP contribution is -2.19. The number of ether oxygens (including phenoxy) is 2. The lowest BCUT2D eigenvalue weighted by atomic mass is 9.83. The highest BCUT2D eigenvalue weighted by Gasteiger charge is 2.32. The number of hydrogen-bond donors (Lipinski definition) is 2. The van der Waals surface area contributed by atoms with Gasteiger partial charge in [-0.25, -0.2) is 9.97 Å². The molecule has 2 aliphatic carbocycles. The fourth-order valence-electron chi connectivity index (χ4n) is 6.06. The van der Waals surface area contributed by atoms with Gasteiger partial charge in [-0.2, -0.15) is 0 Å². The Morgan fingerprint density at radius 2 is 1.00 bits per heavy atom. The molecule has 2 aliphatic rings.